The minimum Gasteiger partial charge on any atom is -0.399 e. The number of aryl methyl sites for hydroxylation is 1. The number of nitrogens with one attached hydrogen (secondary N) is 1. The fourth-order valence-corrected chi connectivity index (χ4v) is 3.62. The summed E-state index contributed by atoms with van der Waals surface area (Å²) in [4.78, 5) is 12.4. The van der Waals surface area contributed by atoms with Crippen LogP contribution in [0.4, 0.5) is 23.2 Å². The number of fused-ring (bicyclic) bond motifs is 1. The molecule has 4 N–H and O–H groups in total. The number of aromatic nitrogens is 4. The monoisotopic (exact) mass is 476 g/mol. The maximum atomic E-state index is 15.1. The maximum absolute atomic E-state index is 15.1. The number of hydrogen-bond donors (Lipinski definition) is 3. The second-order valence-electron chi connectivity index (χ2n) is 7.79. The van der Waals surface area contributed by atoms with E-state index in [9.17, 15) is 23.1 Å². The predicted octanol–water partition coefficient (Wildman–Crippen LogP) is 3.20. The van der Waals surface area contributed by atoms with E-state index >= 15 is 4.39 Å². The Balaban J connectivity index is 1.65. The number of nitrogens with zero attached hydrogens (tertiary/aromatic N) is 4. The first kappa shape index (κ1) is 23.4. The molecule has 2 heterocycles. The number of aliphatic hydroxyl groups excluding tert-OH is 1. The molecule has 0 aliphatic carbocycles. The van der Waals surface area contributed by atoms with Gasteiger partial charge in [-0.2, -0.15) is 28.1 Å². The topological polar surface area (TPSA) is 111 Å². The summed E-state index contributed by atoms with van der Waals surface area (Å²) in [6.07, 6.45) is -4.59. The molecule has 4 rings (SSSR count). The molecule has 0 radical (unpaired) electrons. The molecule has 0 bridgehead atoms. The van der Waals surface area contributed by atoms with Gasteiger partial charge in [0.2, 0.25) is 0 Å². The van der Waals surface area contributed by atoms with Gasteiger partial charge in [0.1, 0.15) is 23.1 Å². The van der Waals surface area contributed by atoms with E-state index in [0.29, 0.717) is 5.39 Å². The zero-order valence-corrected chi connectivity index (χ0v) is 18.0. The minimum absolute atomic E-state index is 0.0455. The summed E-state index contributed by atoms with van der Waals surface area (Å²) in [5.41, 5.74) is 4.14. The number of anilines is 1. The molecule has 2 atom stereocenters. The number of nitrogen functional groups attached to an aromatic ring is 1. The summed E-state index contributed by atoms with van der Waals surface area (Å²) in [5, 5.41) is 21.9. The fraction of sp³-hybridized carbons (Fsp3) is 0.227. The zero-order valence-electron chi connectivity index (χ0n) is 18.0. The highest BCUT2D eigenvalue weighted by atomic mass is 19.4. The number of alkyl halides is 3. The van der Waals surface area contributed by atoms with Gasteiger partial charge in [0.25, 0.3) is 5.56 Å². The van der Waals surface area contributed by atoms with Gasteiger partial charge in [0.15, 0.2) is 5.82 Å². The Bertz CT molecular complexity index is 1430. The summed E-state index contributed by atoms with van der Waals surface area (Å²) < 4.78 is 56.6. The standard InChI is InChI=1S/C22H20F4N6O2/c1-11(13-7-14(22(24,25)26)9-15(27)8-13)29-21(34)16-4-6-18(33)32(30-16)17-5-3-12-10-28-31(2)20(12)19(17)23/h3-11,21,29,34H,27H2,1-2H3/t11-,21?/m1/s1. The third-order valence-electron chi connectivity index (χ3n) is 5.36. The Morgan fingerprint density at radius 2 is 1.88 bits per heavy atom. The van der Waals surface area contributed by atoms with Crippen molar-refractivity contribution < 1.29 is 22.7 Å². The molecule has 178 valence electrons. The number of halogens is 4. The van der Waals surface area contributed by atoms with Gasteiger partial charge in [-0.15, -0.1) is 0 Å². The predicted molar refractivity (Wildman–Crippen MR) is 116 cm³/mol. The third-order valence-corrected chi connectivity index (χ3v) is 5.36. The van der Waals surface area contributed by atoms with Gasteiger partial charge in [0.05, 0.1) is 11.8 Å². The SMILES string of the molecule is C[C@@H](NC(O)c1ccc(=O)n(-c2ccc3cnn(C)c3c2F)n1)c1cc(N)cc(C(F)(F)F)c1. The lowest BCUT2D eigenvalue weighted by Gasteiger charge is -2.21. The molecule has 34 heavy (non-hydrogen) atoms. The van der Waals surface area contributed by atoms with Crippen molar-refractivity contribution in [3.63, 3.8) is 0 Å². The average Bonchev–Trinajstić information content (AvgIpc) is 3.15. The highest BCUT2D eigenvalue weighted by molar-refractivity contribution is 5.81. The number of nitrogens with two attached hydrogens (primary N) is 1. The highest BCUT2D eigenvalue weighted by Gasteiger charge is 2.31. The molecule has 4 aromatic rings. The Morgan fingerprint density at radius 1 is 1.15 bits per heavy atom. The second-order valence-corrected chi connectivity index (χ2v) is 7.79. The van der Waals surface area contributed by atoms with Crippen LogP contribution in [0.2, 0.25) is 0 Å². The Hall–Kier alpha value is -3.77. The molecule has 8 nitrogen and oxygen atoms in total. The lowest BCUT2D eigenvalue weighted by atomic mass is 10.0. The first-order chi connectivity index (χ1) is 16.0. The first-order valence-corrected chi connectivity index (χ1v) is 10.1. The van der Waals surface area contributed by atoms with Crippen molar-refractivity contribution in [2.45, 2.75) is 25.4 Å². The van der Waals surface area contributed by atoms with Gasteiger partial charge in [-0.05, 0) is 48.9 Å². The van der Waals surface area contributed by atoms with Crippen LogP contribution < -0.4 is 16.6 Å². The summed E-state index contributed by atoms with van der Waals surface area (Å²) in [6.45, 7) is 1.53. The summed E-state index contributed by atoms with van der Waals surface area (Å²) in [6, 6.07) is 7.61. The van der Waals surface area contributed by atoms with Crippen molar-refractivity contribution in [1.82, 2.24) is 24.9 Å². The van der Waals surface area contributed by atoms with E-state index in [0.717, 1.165) is 22.9 Å². The van der Waals surface area contributed by atoms with E-state index in [1.165, 1.54) is 36.0 Å². The molecule has 0 spiro atoms. The molecule has 2 aromatic heterocycles. The van der Waals surface area contributed by atoms with Crippen molar-refractivity contribution in [3.8, 4) is 5.69 Å². The van der Waals surface area contributed by atoms with Crippen LogP contribution in [-0.4, -0.2) is 24.7 Å². The smallest absolute Gasteiger partial charge is 0.399 e. The van der Waals surface area contributed by atoms with Gasteiger partial charge < -0.3 is 10.8 Å². The molecule has 0 aliphatic heterocycles. The largest absolute Gasteiger partial charge is 0.416 e. The molecule has 0 saturated carbocycles. The van der Waals surface area contributed by atoms with E-state index in [1.807, 2.05) is 0 Å². The Kier molecular flexibility index (Phi) is 5.87. The van der Waals surface area contributed by atoms with Gasteiger partial charge in [-0.25, -0.2) is 4.39 Å². The van der Waals surface area contributed by atoms with Crippen LogP contribution in [0.3, 0.4) is 0 Å². The molecule has 0 fully saturated rings. The van der Waals surface area contributed by atoms with E-state index in [-0.39, 0.29) is 28.1 Å². The normalized spacial score (nSPS) is 13.9. The number of aliphatic hydroxyl groups is 1. The van der Waals surface area contributed by atoms with Crippen molar-refractivity contribution in [2.24, 2.45) is 7.05 Å². The lowest BCUT2D eigenvalue weighted by Crippen LogP contribution is -2.29. The first-order valence-electron chi connectivity index (χ1n) is 10.1. The molecule has 12 heteroatoms. The van der Waals surface area contributed by atoms with Gasteiger partial charge >= 0.3 is 6.18 Å². The molecular formula is C22H20F4N6O2. The fourth-order valence-electron chi connectivity index (χ4n) is 3.62. The van der Waals surface area contributed by atoms with Crippen molar-refractivity contribution in [1.29, 1.82) is 0 Å². The molecule has 1 unspecified atom stereocenters. The van der Waals surface area contributed by atoms with Crippen LogP contribution in [0.5, 0.6) is 0 Å². The van der Waals surface area contributed by atoms with E-state index in [4.69, 9.17) is 5.73 Å². The summed E-state index contributed by atoms with van der Waals surface area (Å²) >= 11 is 0. The summed E-state index contributed by atoms with van der Waals surface area (Å²) in [5.74, 6) is -0.723. The number of benzene rings is 2. The van der Waals surface area contributed by atoms with Crippen LogP contribution in [0.25, 0.3) is 16.6 Å². The Labute approximate surface area is 190 Å². The molecule has 0 saturated heterocycles. The van der Waals surface area contributed by atoms with E-state index < -0.39 is 35.4 Å². The quantitative estimate of drug-likeness (QED) is 0.232. The van der Waals surface area contributed by atoms with Crippen LogP contribution in [0, 0.1) is 5.82 Å². The number of rotatable bonds is 5. The molecule has 2 aromatic carbocycles. The van der Waals surface area contributed by atoms with Crippen LogP contribution in [-0.2, 0) is 13.2 Å². The maximum Gasteiger partial charge on any atom is 0.416 e. The van der Waals surface area contributed by atoms with Crippen LogP contribution in [0.15, 0.2) is 53.5 Å². The zero-order chi connectivity index (χ0) is 24.8. The highest BCUT2D eigenvalue weighted by Crippen LogP contribution is 2.33. The van der Waals surface area contributed by atoms with Crippen LogP contribution >= 0.6 is 0 Å². The molecule has 0 aliphatic rings. The van der Waals surface area contributed by atoms with E-state index in [1.54, 1.807) is 13.1 Å². The summed E-state index contributed by atoms with van der Waals surface area (Å²) in [7, 11) is 1.55. The second kappa shape index (κ2) is 8.54. The lowest BCUT2D eigenvalue weighted by molar-refractivity contribution is -0.137. The van der Waals surface area contributed by atoms with Crippen molar-refractivity contribution >= 4 is 16.6 Å². The minimum atomic E-state index is -4.58. The molecule has 0 amide bonds. The Morgan fingerprint density at radius 3 is 2.59 bits per heavy atom. The molecular weight excluding hydrogens is 456 g/mol. The number of hydrogen-bond acceptors (Lipinski definition) is 6. The van der Waals surface area contributed by atoms with Gasteiger partial charge in [0, 0.05) is 30.2 Å². The van der Waals surface area contributed by atoms with Gasteiger partial charge in [-0.3, -0.25) is 14.8 Å². The van der Waals surface area contributed by atoms with Crippen molar-refractivity contribution in [2.75, 3.05) is 5.73 Å². The third kappa shape index (κ3) is 4.37. The average molecular weight is 476 g/mol. The van der Waals surface area contributed by atoms with Crippen LogP contribution in [0.1, 0.15) is 36.0 Å². The van der Waals surface area contributed by atoms with Crippen molar-refractivity contribution in [3.05, 3.63) is 81.7 Å². The van der Waals surface area contributed by atoms with Gasteiger partial charge in [-0.1, -0.05) is 0 Å². The van der Waals surface area contributed by atoms with E-state index in [2.05, 4.69) is 15.5 Å².